The quantitative estimate of drug-likeness (QED) is 0.739. The first kappa shape index (κ1) is 22.3. The number of rotatable bonds is 3. The number of hydrogen-bond donors (Lipinski definition) is 2. The van der Waals surface area contributed by atoms with Crippen LogP contribution in [0.3, 0.4) is 0 Å². The lowest BCUT2D eigenvalue weighted by molar-refractivity contribution is -0.118. The van der Waals surface area contributed by atoms with Gasteiger partial charge in [0, 0.05) is 17.6 Å². The summed E-state index contributed by atoms with van der Waals surface area (Å²) in [5.74, 6) is -1.61. The summed E-state index contributed by atoms with van der Waals surface area (Å²) in [5.41, 5.74) is 12.0. The highest BCUT2D eigenvalue weighted by molar-refractivity contribution is 6.00. The number of hydrogen-bond acceptors (Lipinski definition) is 5. The number of nitrogens with one attached hydrogen (secondary N) is 1. The van der Waals surface area contributed by atoms with Crippen molar-refractivity contribution in [2.24, 2.45) is 11.1 Å². The van der Waals surface area contributed by atoms with Crippen LogP contribution in [0.1, 0.15) is 54.1 Å². The zero-order valence-electron chi connectivity index (χ0n) is 18.8. The van der Waals surface area contributed by atoms with E-state index >= 15 is 0 Å². The molecule has 1 aliphatic carbocycles. The average Bonchev–Trinajstić information content (AvgIpc) is 2.75. The maximum absolute atomic E-state index is 13.6. The molecule has 6 nitrogen and oxygen atoms in total. The number of nitrogens with zero attached hydrogens (tertiary/aromatic N) is 2. The highest BCUT2D eigenvalue weighted by Gasteiger charge is 2.44. The Morgan fingerprint density at radius 2 is 1.79 bits per heavy atom. The molecule has 168 valence electrons. The molecule has 0 saturated heterocycles. The van der Waals surface area contributed by atoms with Gasteiger partial charge in [0.05, 0.1) is 23.3 Å². The number of allylic oxidation sites excluding steroid dienone is 3. The fourth-order valence-electron chi connectivity index (χ4n) is 4.50. The molecule has 0 spiro atoms. The number of ketones is 1. The van der Waals surface area contributed by atoms with E-state index in [1.807, 2.05) is 32.9 Å². The lowest BCUT2D eigenvalue weighted by Gasteiger charge is -2.43. The number of carbonyl (C=O) groups excluding carboxylic acids is 2. The first-order chi connectivity index (χ1) is 15.6. The molecule has 3 N–H and O–H groups in total. The van der Waals surface area contributed by atoms with E-state index in [4.69, 9.17) is 5.73 Å². The molecule has 4 rings (SSSR count). The summed E-state index contributed by atoms with van der Waals surface area (Å²) in [6.07, 6.45) is 0.765. The van der Waals surface area contributed by atoms with Crippen LogP contribution in [-0.4, -0.2) is 16.7 Å². The van der Waals surface area contributed by atoms with Crippen LogP contribution in [0.25, 0.3) is 0 Å². The van der Waals surface area contributed by atoms with Crippen molar-refractivity contribution in [1.29, 1.82) is 5.26 Å². The minimum absolute atomic E-state index is 0.0523. The number of nitrogens with two attached hydrogens (primary N) is 1. The van der Waals surface area contributed by atoms with Crippen molar-refractivity contribution in [3.8, 4) is 6.07 Å². The van der Waals surface area contributed by atoms with E-state index in [9.17, 15) is 19.2 Å². The molecule has 1 atom stereocenters. The van der Waals surface area contributed by atoms with Crippen molar-refractivity contribution in [3.05, 3.63) is 93.7 Å². The third-order valence-electron chi connectivity index (χ3n) is 6.11. The van der Waals surface area contributed by atoms with Crippen molar-refractivity contribution >= 4 is 11.7 Å². The molecular formula is C26H25FN4O2. The van der Waals surface area contributed by atoms with Gasteiger partial charge >= 0.3 is 0 Å². The highest BCUT2D eigenvalue weighted by Crippen LogP contribution is 2.48. The molecule has 2 aliphatic rings. The molecule has 1 heterocycles. The van der Waals surface area contributed by atoms with Crippen LogP contribution in [0.2, 0.25) is 0 Å². The van der Waals surface area contributed by atoms with E-state index in [1.54, 1.807) is 24.3 Å². The summed E-state index contributed by atoms with van der Waals surface area (Å²) < 4.78 is 13.6. The van der Waals surface area contributed by atoms with E-state index in [0.717, 1.165) is 5.56 Å². The van der Waals surface area contributed by atoms with Crippen LogP contribution in [0, 0.1) is 29.5 Å². The Morgan fingerprint density at radius 3 is 2.39 bits per heavy atom. The van der Waals surface area contributed by atoms with Crippen LogP contribution >= 0.6 is 0 Å². The van der Waals surface area contributed by atoms with Gasteiger partial charge in [0.1, 0.15) is 11.6 Å². The largest absolute Gasteiger partial charge is 0.383 e. The topological polar surface area (TPSA) is 99.2 Å². The third-order valence-corrected chi connectivity index (χ3v) is 6.11. The number of benzene rings is 2. The predicted octanol–water partition coefficient (Wildman–Crippen LogP) is 4.22. The second-order valence-electron chi connectivity index (χ2n) is 9.34. The van der Waals surface area contributed by atoms with Gasteiger partial charge in [0.15, 0.2) is 5.78 Å². The van der Waals surface area contributed by atoms with Gasteiger partial charge in [-0.2, -0.15) is 5.26 Å². The lowest BCUT2D eigenvalue weighted by Crippen LogP contribution is -2.49. The normalized spacial score (nSPS) is 19.8. The first-order valence-electron chi connectivity index (χ1n) is 10.7. The Bertz CT molecular complexity index is 1230. The van der Waals surface area contributed by atoms with Gasteiger partial charge in [0.2, 0.25) is 0 Å². The van der Waals surface area contributed by atoms with E-state index in [2.05, 4.69) is 11.5 Å². The Morgan fingerprint density at radius 1 is 1.15 bits per heavy atom. The number of nitriles is 1. The molecule has 0 radical (unpaired) electrons. The number of carbonyl (C=O) groups is 2. The Labute approximate surface area is 192 Å². The number of hydrazine groups is 1. The van der Waals surface area contributed by atoms with Crippen LogP contribution in [0.5, 0.6) is 0 Å². The van der Waals surface area contributed by atoms with Crippen molar-refractivity contribution < 1.29 is 14.0 Å². The molecule has 0 fully saturated rings. The smallest absolute Gasteiger partial charge is 0.270 e. The van der Waals surface area contributed by atoms with E-state index in [1.165, 1.54) is 17.1 Å². The third kappa shape index (κ3) is 4.12. The number of Topliss-reactive ketones (excluding diaryl/α,β-unsaturated/α-hetero) is 1. The van der Waals surface area contributed by atoms with Gasteiger partial charge in [-0.05, 0) is 48.6 Å². The summed E-state index contributed by atoms with van der Waals surface area (Å²) in [4.78, 5) is 26.4. The fraction of sp³-hybridized carbons (Fsp3) is 0.269. The minimum atomic E-state index is -0.721. The fourth-order valence-corrected chi connectivity index (χ4v) is 4.50. The standard InChI is InChI=1S/C26H25FN4O2/c1-15-4-6-17(7-5-15)25(33)30-31-20-12-26(2,3)13-21(32)23(20)22(19(14-28)24(31)29)16-8-10-18(27)11-9-16/h4-11,22H,12-13,29H2,1-3H3,(H,30,33). The van der Waals surface area contributed by atoms with E-state index in [0.29, 0.717) is 35.2 Å². The highest BCUT2D eigenvalue weighted by atomic mass is 19.1. The molecular weight excluding hydrogens is 419 g/mol. The minimum Gasteiger partial charge on any atom is -0.383 e. The lowest BCUT2D eigenvalue weighted by atomic mass is 9.69. The van der Waals surface area contributed by atoms with Crippen LogP contribution in [0.15, 0.2) is 71.2 Å². The van der Waals surface area contributed by atoms with E-state index in [-0.39, 0.29) is 22.6 Å². The molecule has 1 amide bonds. The summed E-state index contributed by atoms with van der Waals surface area (Å²) in [7, 11) is 0. The second kappa shape index (κ2) is 8.21. The van der Waals surface area contributed by atoms with Gasteiger partial charge in [-0.15, -0.1) is 0 Å². The maximum Gasteiger partial charge on any atom is 0.270 e. The monoisotopic (exact) mass is 444 g/mol. The van der Waals surface area contributed by atoms with Gasteiger partial charge in [-0.1, -0.05) is 43.7 Å². The summed E-state index contributed by atoms with van der Waals surface area (Å²) >= 11 is 0. The molecule has 1 unspecified atom stereocenters. The molecule has 2 aromatic carbocycles. The molecule has 1 aliphatic heterocycles. The predicted molar refractivity (Wildman–Crippen MR) is 121 cm³/mol. The van der Waals surface area contributed by atoms with Crippen LogP contribution in [-0.2, 0) is 4.79 Å². The van der Waals surface area contributed by atoms with Gasteiger partial charge in [0.25, 0.3) is 5.91 Å². The van der Waals surface area contributed by atoms with Crippen molar-refractivity contribution in [2.45, 2.75) is 39.5 Å². The number of aryl methyl sites for hydroxylation is 1. The molecule has 2 aromatic rings. The maximum atomic E-state index is 13.6. The van der Waals surface area contributed by atoms with Crippen molar-refractivity contribution in [1.82, 2.24) is 10.4 Å². The zero-order valence-corrected chi connectivity index (χ0v) is 18.8. The molecule has 0 bridgehead atoms. The molecule has 33 heavy (non-hydrogen) atoms. The average molecular weight is 445 g/mol. The SMILES string of the molecule is Cc1ccc(C(=O)NN2C(N)=C(C#N)C(c3ccc(F)cc3)C3=C2CC(C)(C)CC3=O)cc1. The Kier molecular flexibility index (Phi) is 5.54. The number of halogens is 1. The molecule has 0 saturated carbocycles. The van der Waals surface area contributed by atoms with Gasteiger partial charge in [-0.25, -0.2) is 9.40 Å². The number of amides is 1. The zero-order chi connectivity index (χ0) is 23.9. The van der Waals surface area contributed by atoms with E-state index < -0.39 is 17.6 Å². The van der Waals surface area contributed by atoms with Crippen LogP contribution < -0.4 is 11.2 Å². The Balaban J connectivity index is 1.84. The molecule has 7 heteroatoms. The summed E-state index contributed by atoms with van der Waals surface area (Å²) in [6, 6.07) is 14.9. The van der Waals surface area contributed by atoms with Crippen molar-refractivity contribution in [3.63, 3.8) is 0 Å². The van der Waals surface area contributed by atoms with Crippen molar-refractivity contribution in [2.75, 3.05) is 0 Å². The summed E-state index contributed by atoms with van der Waals surface area (Å²) in [5, 5.41) is 11.4. The van der Waals surface area contributed by atoms with Crippen LogP contribution in [0.4, 0.5) is 4.39 Å². The summed E-state index contributed by atoms with van der Waals surface area (Å²) in [6.45, 7) is 5.87. The second-order valence-corrected chi connectivity index (χ2v) is 9.34. The Hall–Kier alpha value is -3.92. The van der Waals surface area contributed by atoms with Gasteiger partial charge < -0.3 is 5.73 Å². The first-order valence-corrected chi connectivity index (χ1v) is 10.7. The van der Waals surface area contributed by atoms with Gasteiger partial charge in [-0.3, -0.25) is 15.0 Å². The molecule has 0 aromatic heterocycles.